The van der Waals surface area contributed by atoms with E-state index in [1.165, 1.54) is 11.9 Å². The highest BCUT2D eigenvalue weighted by molar-refractivity contribution is 7.57. The minimum atomic E-state index is -3.73. The molecule has 4 rings (SSSR count). The second-order valence-corrected chi connectivity index (χ2v) is 12.0. The van der Waals surface area contributed by atoms with E-state index in [-0.39, 0.29) is 18.3 Å². The second-order valence-electron chi connectivity index (χ2n) is 9.93. The van der Waals surface area contributed by atoms with Crippen molar-refractivity contribution in [1.82, 2.24) is 24.6 Å². The number of fused-ring (bicyclic) bond motifs is 1. The van der Waals surface area contributed by atoms with Crippen molar-refractivity contribution in [3.63, 3.8) is 0 Å². The van der Waals surface area contributed by atoms with Crippen molar-refractivity contribution >= 4 is 30.5 Å². The number of imidazole rings is 1. The Hall–Kier alpha value is -3.79. The Kier molecular flexibility index (Phi) is 9.19. The van der Waals surface area contributed by atoms with Crippen molar-refractivity contribution in [2.45, 2.75) is 59.4 Å². The van der Waals surface area contributed by atoms with Crippen LogP contribution >= 0.6 is 7.52 Å². The third-order valence-electron chi connectivity index (χ3n) is 6.00. The van der Waals surface area contributed by atoms with E-state index >= 15 is 0 Å². The molecule has 2 aromatic heterocycles. The topological polar surface area (TPSA) is 143 Å². The van der Waals surface area contributed by atoms with Crippen molar-refractivity contribution < 1.29 is 23.4 Å². The molecule has 0 saturated heterocycles. The zero-order chi connectivity index (χ0) is 28.9. The molecule has 12 heteroatoms. The summed E-state index contributed by atoms with van der Waals surface area (Å²) in [6.45, 7) is 9.30. The van der Waals surface area contributed by atoms with E-state index in [4.69, 9.17) is 19.7 Å². The molecular weight excluding hydrogens is 531 g/mol. The smallest absolute Gasteiger partial charge is 0.342 e. The van der Waals surface area contributed by atoms with Gasteiger partial charge in [0, 0.05) is 0 Å². The number of carbonyl (C=O) groups excluding carboxylic acids is 1. The van der Waals surface area contributed by atoms with Crippen LogP contribution in [-0.4, -0.2) is 50.1 Å². The first-order valence-corrected chi connectivity index (χ1v) is 14.8. The Labute approximate surface area is 233 Å². The molecule has 0 spiro atoms. The van der Waals surface area contributed by atoms with Gasteiger partial charge in [0.1, 0.15) is 30.0 Å². The van der Waals surface area contributed by atoms with E-state index < -0.39 is 25.6 Å². The monoisotopic (exact) mass is 566 g/mol. The van der Waals surface area contributed by atoms with Gasteiger partial charge in [-0.05, 0) is 57.9 Å². The van der Waals surface area contributed by atoms with Gasteiger partial charge < -0.3 is 24.3 Å². The quantitative estimate of drug-likeness (QED) is 0.179. The molecule has 2 aromatic carbocycles. The largest absolute Gasteiger partial charge is 0.462 e. The Morgan fingerprint density at radius 1 is 1.00 bits per heavy atom. The lowest BCUT2D eigenvalue weighted by molar-refractivity contribution is -0.149. The SMILES string of the molecule is Cc1ccc(-c2ccc(OP(=O)(CO[C@H](C)Cn3cnc4c(N)ncnc43)N[C@@H](C)C(=O)OC(C)C)cc2)cc1. The molecule has 4 aromatic rings. The summed E-state index contributed by atoms with van der Waals surface area (Å²) in [6, 6.07) is 14.5. The highest BCUT2D eigenvalue weighted by atomic mass is 31.2. The third kappa shape index (κ3) is 7.44. The molecule has 212 valence electrons. The number of esters is 1. The van der Waals surface area contributed by atoms with Crippen LogP contribution in [0.1, 0.15) is 33.3 Å². The lowest BCUT2D eigenvalue weighted by atomic mass is 10.0. The average molecular weight is 567 g/mol. The van der Waals surface area contributed by atoms with Gasteiger partial charge in [0.25, 0.3) is 0 Å². The number of nitrogens with zero attached hydrogens (tertiary/aromatic N) is 4. The van der Waals surface area contributed by atoms with Crippen molar-refractivity contribution in [1.29, 1.82) is 0 Å². The maximum Gasteiger partial charge on any atom is 0.342 e. The highest BCUT2D eigenvalue weighted by Gasteiger charge is 2.32. The predicted octanol–water partition coefficient (Wildman–Crippen LogP) is 4.95. The van der Waals surface area contributed by atoms with E-state index in [0.29, 0.717) is 23.5 Å². The van der Waals surface area contributed by atoms with Crippen LogP contribution in [0.3, 0.4) is 0 Å². The lowest BCUT2D eigenvalue weighted by Crippen LogP contribution is -2.37. The van der Waals surface area contributed by atoms with Gasteiger partial charge in [-0.25, -0.2) is 20.0 Å². The number of aryl methyl sites for hydroxylation is 1. The Morgan fingerprint density at radius 3 is 2.30 bits per heavy atom. The Morgan fingerprint density at radius 2 is 1.65 bits per heavy atom. The van der Waals surface area contributed by atoms with E-state index in [9.17, 15) is 9.36 Å². The fourth-order valence-electron chi connectivity index (χ4n) is 3.98. The van der Waals surface area contributed by atoms with Crippen LogP contribution < -0.4 is 15.3 Å². The van der Waals surface area contributed by atoms with E-state index in [2.05, 4.69) is 20.0 Å². The zero-order valence-electron chi connectivity index (χ0n) is 23.3. The third-order valence-corrected chi connectivity index (χ3v) is 7.78. The zero-order valence-corrected chi connectivity index (χ0v) is 24.2. The van der Waals surface area contributed by atoms with Crippen molar-refractivity contribution in [2.75, 3.05) is 12.1 Å². The van der Waals surface area contributed by atoms with Crippen LogP contribution in [0.5, 0.6) is 5.75 Å². The fourth-order valence-corrected chi connectivity index (χ4v) is 5.77. The number of carbonyl (C=O) groups is 1. The number of anilines is 1. The standard InChI is InChI=1S/C28H35N6O5P/c1-18(2)38-28(35)21(5)33-40(36,39-24-12-10-23(11-13-24)22-8-6-19(3)7-9-22)17-37-20(4)14-34-16-32-25-26(29)30-15-31-27(25)34/h6-13,15-16,18,20-21H,14,17H2,1-5H3,(H,33,36)(H2,29,30,31)/t20-,21+,40?/m1/s1. The molecule has 40 heavy (non-hydrogen) atoms. The minimum Gasteiger partial charge on any atom is -0.462 e. The molecule has 0 aliphatic heterocycles. The van der Waals surface area contributed by atoms with Crippen LogP contribution in [0.15, 0.2) is 61.2 Å². The normalized spacial score (nSPS) is 14.6. The Bertz CT molecular complexity index is 1490. The summed E-state index contributed by atoms with van der Waals surface area (Å²) >= 11 is 0. The molecule has 0 aliphatic carbocycles. The molecule has 0 fully saturated rings. The van der Waals surface area contributed by atoms with Gasteiger partial charge >= 0.3 is 13.5 Å². The molecule has 11 nitrogen and oxygen atoms in total. The maximum atomic E-state index is 14.0. The van der Waals surface area contributed by atoms with Crippen LogP contribution in [-0.2, 0) is 25.4 Å². The number of rotatable bonds is 12. The van der Waals surface area contributed by atoms with E-state index in [1.807, 2.05) is 50.2 Å². The first-order valence-electron chi connectivity index (χ1n) is 13.0. The summed E-state index contributed by atoms with van der Waals surface area (Å²) in [5, 5.41) is 2.83. The van der Waals surface area contributed by atoms with E-state index in [1.54, 1.807) is 43.8 Å². The van der Waals surface area contributed by atoms with Gasteiger partial charge in [-0.3, -0.25) is 9.36 Å². The van der Waals surface area contributed by atoms with Gasteiger partial charge in [-0.2, -0.15) is 0 Å². The van der Waals surface area contributed by atoms with Gasteiger partial charge in [-0.15, -0.1) is 0 Å². The predicted molar refractivity (Wildman–Crippen MR) is 154 cm³/mol. The van der Waals surface area contributed by atoms with Gasteiger partial charge in [0.05, 0.1) is 25.1 Å². The molecule has 0 aliphatic rings. The second kappa shape index (κ2) is 12.6. The molecule has 3 atom stereocenters. The molecule has 1 unspecified atom stereocenters. The van der Waals surface area contributed by atoms with Crippen LogP contribution in [0.25, 0.3) is 22.3 Å². The number of nitrogens with two attached hydrogens (primary N) is 1. The van der Waals surface area contributed by atoms with Gasteiger partial charge in [0.15, 0.2) is 11.5 Å². The number of nitrogens with one attached hydrogen (secondary N) is 1. The number of hydrogen-bond acceptors (Lipinski definition) is 9. The summed E-state index contributed by atoms with van der Waals surface area (Å²) in [5.74, 6) is 0.124. The maximum absolute atomic E-state index is 14.0. The van der Waals surface area contributed by atoms with Crippen molar-refractivity contribution in [2.24, 2.45) is 0 Å². The molecular formula is C28H35N6O5P. The van der Waals surface area contributed by atoms with Crippen molar-refractivity contribution in [3.05, 3.63) is 66.7 Å². The molecule has 0 bridgehead atoms. The van der Waals surface area contributed by atoms with E-state index in [0.717, 1.165) is 11.1 Å². The van der Waals surface area contributed by atoms with Crippen molar-refractivity contribution in [3.8, 4) is 16.9 Å². The fraction of sp³-hybridized carbons (Fsp3) is 0.357. The first kappa shape index (κ1) is 29.2. The Balaban J connectivity index is 1.48. The van der Waals surface area contributed by atoms with Gasteiger partial charge in [-0.1, -0.05) is 42.0 Å². The minimum absolute atomic E-state index is 0.287. The average Bonchev–Trinajstić information content (AvgIpc) is 3.32. The number of ether oxygens (including phenoxy) is 2. The summed E-state index contributed by atoms with van der Waals surface area (Å²) in [4.78, 5) is 24.9. The van der Waals surface area contributed by atoms with Gasteiger partial charge in [0.2, 0.25) is 0 Å². The number of nitrogen functional groups attached to an aromatic ring is 1. The summed E-state index contributed by atoms with van der Waals surface area (Å²) in [5.41, 5.74) is 10.2. The number of hydrogen-bond donors (Lipinski definition) is 2. The number of benzene rings is 2. The molecule has 0 radical (unpaired) electrons. The van der Waals surface area contributed by atoms with Crippen LogP contribution in [0, 0.1) is 6.92 Å². The molecule has 2 heterocycles. The van der Waals surface area contributed by atoms with Crippen LogP contribution in [0.4, 0.5) is 5.82 Å². The van der Waals surface area contributed by atoms with Crippen LogP contribution in [0.2, 0.25) is 0 Å². The summed E-state index contributed by atoms with van der Waals surface area (Å²) < 4.78 is 33.0. The molecule has 3 N–H and O–H groups in total. The lowest BCUT2D eigenvalue weighted by Gasteiger charge is -2.25. The highest BCUT2D eigenvalue weighted by Crippen LogP contribution is 2.44. The first-order chi connectivity index (χ1) is 19.0. The molecule has 0 saturated carbocycles. The number of aromatic nitrogens is 4. The molecule has 0 amide bonds. The summed E-state index contributed by atoms with van der Waals surface area (Å²) in [6.07, 6.45) is 1.95. The summed E-state index contributed by atoms with van der Waals surface area (Å²) in [7, 11) is -3.73.